The number of amides is 1. The summed E-state index contributed by atoms with van der Waals surface area (Å²) in [7, 11) is 0. The second-order valence-electron chi connectivity index (χ2n) is 6.20. The zero-order chi connectivity index (χ0) is 18.5. The second kappa shape index (κ2) is 7.91. The highest BCUT2D eigenvalue weighted by atomic mass is 19.1. The third kappa shape index (κ3) is 4.14. The maximum Gasteiger partial charge on any atom is 0.261 e. The van der Waals surface area contributed by atoms with Gasteiger partial charge in [-0.3, -0.25) is 14.2 Å². The van der Waals surface area contributed by atoms with Gasteiger partial charge in [-0.2, -0.15) is 0 Å². The van der Waals surface area contributed by atoms with Crippen LogP contribution in [0.1, 0.15) is 31.4 Å². The lowest BCUT2D eigenvalue weighted by atomic mass is 10.1. The van der Waals surface area contributed by atoms with Crippen molar-refractivity contribution in [3.05, 3.63) is 76.6 Å². The number of nitrogens with one attached hydrogen (secondary N) is 1. The number of rotatable bonds is 6. The highest BCUT2D eigenvalue weighted by molar-refractivity contribution is 5.77. The second-order valence-corrected chi connectivity index (χ2v) is 6.20. The van der Waals surface area contributed by atoms with Crippen LogP contribution in [0.3, 0.4) is 0 Å². The fourth-order valence-electron chi connectivity index (χ4n) is 2.82. The molecule has 0 saturated heterocycles. The van der Waals surface area contributed by atoms with E-state index >= 15 is 0 Å². The van der Waals surface area contributed by atoms with Gasteiger partial charge in [-0.1, -0.05) is 24.3 Å². The Kier molecular flexibility index (Phi) is 5.41. The molecule has 0 aliphatic heterocycles. The largest absolute Gasteiger partial charge is 0.350 e. The van der Waals surface area contributed by atoms with E-state index in [4.69, 9.17) is 0 Å². The maximum atomic E-state index is 13.0. The standard InChI is InChI=1S/C20H20FN3O2/c1-14(15-8-10-16(21)11-9-15)23-19(25)7-4-12-24-13-22-18-6-3-2-5-17(18)20(24)26/h2-3,5-6,8-11,13-14H,4,7,12H2,1H3,(H,23,25). The van der Waals surface area contributed by atoms with Gasteiger partial charge in [0.05, 0.1) is 23.3 Å². The highest BCUT2D eigenvalue weighted by Gasteiger charge is 2.10. The summed E-state index contributed by atoms with van der Waals surface area (Å²) in [4.78, 5) is 28.7. The van der Waals surface area contributed by atoms with Crippen molar-refractivity contribution in [3.8, 4) is 0 Å². The van der Waals surface area contributed by atoms with E-state index in [1.54, 1.807) is 30.3 Å². The SMILES string of the molecule is CC(NC(=O)CCCn1cnc2ccccc2c1=O)c1ccc(F)cc1. The Morgan fingerprint density at radius 3 is 2.69 bits per heavy atom. The number of hydrogen-bond donors (Lipinski definition) is 1. The summed E-state index contributed by atoms with van der Waals surface area (Å²) in [5.41, 5.74) is 1.41. The number of aromatic nitrogens is 2. The number of para-hydroxylation sites is 1. The summed E-state index contributed by atoms with van der Waals surface area (Å²) >= 11 is 0. The quantitative estimate of drug-likeness (QED) is 0.740. The molecule has 6 heteroatoms. The first-order valence-corrected chi connectivity index (χ1v) is 8.53. The number of aryl methyl sites for hydroxylation is 1. The number of halogens is 1. The highest BCUT2D eigenvalue weighted by Crippen LogP contribution is 2.13. The van der Waals surface area contributed by atoms with Crippen LogP contribution in [0.2, 0.25) is 0 Å². The van der Waals surface area contributed by atoms with E-state index in [0.29, 0.717) is 30.3 Å². The van der Waals surface area contributed by atoms with E-state index in [1.165, 1.54) is 23.0 Å². The van der Waals surface area contributed by atoms with Crippen molar-refractivity contribution in [3.63, 3.8) is 0 Å². The number of carbonyl (C=O) groups excluding carboxylic acids is 1. The van der Waals surface area contributed by atoms with Crippen LogP contribution < -0.4 is 10.9 Å². The molecule has 0 radical (unpaired) electrons. The van der Waals surface area contributed by atoms with Gasteiger partial charge in [0.1, 0.15) is 5.82 Å². The van der Waals surface area contributed by atoms with Crippen LogP contribution in [0.15, 0.2) is 59.7 Å². The van der Waals surface area contributed by atoms with Crippen molar-refractivity contribution in [2.75, 3.05) is 0 Å². The van der Waals surface area contributed by atoms with Gasteiger partial charge >= 0.3 is 0 Å². The van der Waals surface area contributed by atoms with E-state index in [9.17, 15) is 14.0 Å². The first-order valence-electron chi connectivity index (χ1n) is 8.53. The maximum absolute atomic E-state index is 13.0. The van der Waals surface area contributed by atoms with E-state index in [2.05, 4.69) is 10.3 Å². The van der Waals surface area contributed by atoms with Crippen molar-refractivity contribution in [1.82, 2.24) is 14.9 Å². The van der Waals surface area contributed by atoms with Gasteiger partial charge in [0.25, 0.3) is 5.56 Å². The minimum Gasteiger partial charge on any atom is -0.350 e. The summed E-state index contributed by atoms with van der Waals surface area (Å²) in [6.45, 7) is 2.28. The lowest BCUT2D eigenvalue weighted by Crippen LogP contribution is -2.27. The Hall–Kier alpha value is -3.02. The fraction of sp³-hybridized carbons (Fsp3) is 0.250. The fourth-order valence-corrected chi connectivity index (χ4v) is 2.82. The molecule has 2 aromatic carbocycles. The van der Waals surface area contributed by atoms with Crippen LogP contribution >= 0.6 is 0 Å². The zero-order valence-corrected chi connectivity index (χ0v) is 14.5. The van der Waals surface area contributed by atoms with E-state index < -0.39 is 0 Å². The van der Waals surface area contributed by atoms with Crippen LogP contribution in [0.25, 0.3) is 10.9 Å². The molecule has 3 aromatic rings. The number of carbonyl (C=O) groups is 1. The van der Waals surface area contributed by atoms with Gasteiger partial charge < -0.3 is 5.32 Å². The molecule has 26 heavy (non-hydrogen) atoms. The molecule has 1 aromatic heterocycles. The molecule has 1 amide bonds. The van der Waals surface area contributed by atoms with Gasteiger partial charge in [-0.05, 0) is 43.2 Å². The van der Waals surface area contributed by atoms with E-state index in [1.807, 2.05) is 13.0 Å². The summed E-state index contributed by atoms with van der Waals surface area (Å²) in [5.74, 6) is -0.412. The van der Waals surface area contributed by atoms with E-state index in [-0.39, 0.29) is 23.3 Å². The third-order valence-electron chi connectivity index (χ3n) is 4.28. The average molecular weight is 353 g/mol. The third-order valence-corrected chi connectivity index (χ3v) is 4.28. The van der Waals surface area contributed by atoms with Crippen LogP contribution in [-0.4, -0.2) is 15.5 Å². The smallest absolute Gasteiger partial charge is 0.261 e. The molecule has 134 valence electrons. The van der Waals surface area contributed by atoms with Crippen molar-refractivity contribution < 1.29 is 9.18 Å². The average Bonchev–Trinajstić information content (AvgIpc) is 2.64. The predicted molar refractivity (Wildman–Crippen MR) is 98.2 cm³/mol. The number of hydrogen-bond acceptors (Lipinski definition) is 3. The summed E-state index contributed by atoms with van der Waals surface area (Å²) in [6, 6.07) is 13.0. The lowest BCUT2D eigenvalue weighted by molar-refractivity contribution is -0.121. The van der Waals surface area contributed by atoms with Crippen molar-refractivity contribution in [1.29, 1.82) is 0 Å². The summed E-state index contributed by atoms with van der Waals surface area (Å²) in [6.07, 6.45) is 2.34. The molecule has 3 rings (SSSR count). The summed E-state index contributed by atoms with van der Waals surface area (Å²) in [5, 5.41) is 3.46. The first kappa shape index (κ1) is 17.8. The monoisotopic (exact) mass is 353 g/mol. The predicted octanol–water partition coefficient (Wildman–Crippen LogP) is 3.19. The summed E-state index contributed by atoms with van der Waals surface area (Å²) < 4.78 is 14.5. The van der Waals surface area contributed by atoms with Crippen molar-refractivity contribution in [2.24, 2.45) is 0 Å². The van der Waals surface area contributed by atoms with Crippen LogP contribution in [0, 0.1) is 5.82 Å². The van der Waals surface area contributed by atoms with E-state index in [0.717, 1.165) is 5.56 Å². The van der Waals surface area contributed by atoms with Crippen molar-refractivity contribution in [2.45, 2.75) is 32.4 Å². The van der Waals surface area contributed by atoms with Crippen LogP contribution in [0.4, 0.5) is 4.39 Å². The Bertz CT molecular complexity index is 967. The van der Waals surface area contributed by atoms with Gasteiger partial charge in [0, 0.05) is 13.0 Å². The molecule has 0 fully saturated rings. The molecule has 1 N–H and O–H groups in total. The Morgan fingerprint density at radius 1 is 1.19 bits per heavy atom. The molecule has 0 aliphatic rings. The Balaban J connectivity index is 1.54. The lowest BCUT2D eigenvalue weighted by Gasteiger charge is -2.14. The Morgan fingerprint density at radius 2 is 1.92 bits per heavy atom. The molecule has 1 heterocycles. The molecule has 0 saturated carbocycles. The molecule has 1 unspecified atom stereocenters. The zero-order valence-electron chi connectivity index (χ0n) is 14.5. The van der Waals surface area contributed by atoms with Gasteiger partial charge in [-0.25, -0.2) is 9.37 Å². The molecule has 1 atom stereocenters. The van der Waals surface area contributed by atoms with Gasteiger partial charge in [0.15, 0.2) is 0 Å². The molecule has 5 nitrogen and oxygen atoms in total. The molecule has 0 bridgehead atoms. The van der Waals surface area contributed by atoms with Crippen LogP contribution in [-0.2, 0) is 11.3 Å². The van der Waals surface area contributed by atoms with Gasteiger partial charge in [-0.15, -0.1) is 0 Å². The first-order chi connectivity index (χ1) is 12.5. The molecular weight excluding hydrogens is 333 g/mol. The minimum atomic E-state index is -0.304. The molecule has 0 spiro atoms. The minimum absolute atomic E-state index is 0.101. The van der Waals surface area contributed by atoms with Crippen LogP contribution in [0.5, 0.6) is 0 Å². The Labute approximate surface area is 150 Å². The number of nitrogens with zero attached hydrogens (tertiary/aromatic N) is 2. The molecular formula is C20H20FN3O2. The topological polar surface area (TPSA) is 64.0 Å². The molecule has 0 aliphatic carbocycles. The number of fused-ring (bicyclic) bond motifs is 1. The van der Waals surface area contributed by atoms with Gasteiger partial charge in [0.2, 0.25) is 5.91 Å². The van der Waals surface area contributed by atoms with Crippen molar-refractivity contribution >= 4 is 16.8 Å². The normalized spacial score (nSPS) is 12.1. The number of benzene rings is 2.